The Morgan fingerprint density at radius 1 is 1.29 bits per heavy atom. The Balaban J connectivity index is 3.00. The molecule has 0 aliphatic heterocycles. The van der Waals surface area contributed by atoms with Gasteiger partial charge in [0.1, 0.15) is 16.6 Å². The smallest absolute Gasteiger partial charge is 0.116 e. The van der Waals surface area contributed by atoms with E-state index >= 15 is 0 Å². The van der Waals surface area contributed by atoms with E-state index in [0.29, 0.717) is 0 Å². The Morgan fingerprint density at radius 2 is 1.86 bits per heavy atom. The van der Waals surface area contributed by atoms with Gasteiger partial charge in [-0.25, -0.2) is 0 Å². The first kappa shape index (κ1) is 11.7. The van der Waals surface area contributed by atoms with Crippen molar-refractivity contribution < 1.29 is 4.84 Å². The molecule has 0 radical (unpaired) electrons. The van der Waals surface area contributed by atoms with Crippen LogP contribution in [0.1, 0.15) is 11.1 Å². The number of oxime groups is 1. The fourth-order valence-electron chi connectivity index (χ4n) is 1.04. The van der Waals surface area contributed by atoms with Crippen molar-refractivity contribution in [3.63, 3.8) is 0 Å². The Bertz CT molecular complexity index is 319. The van der Waals surface area contributed by atoms with Gasteiger partial charge in [0.05, 0.1) is 0 Å². The van der Waals surface area contributed by atoms with Crippen molar-refractivity contribution in [3.05, 3.63) is 35.4 Å². The second-order valence-electron chi connectivity index (χ2n) is 2.83. The highest BCUT2D eigenvalue weighted by atomic mass is 79.9. The zero-order chi connectivity index (χ0) is 10.6. The van der Waals surface area contributed by atoms with Crippen LogP contribution < -0.4 is 0 Å². The zero-order valence-corrected chi connectivity index (χ0v) is 11.2. The van der Waals surface area contributed by atoms with Crippen molar-refractivity contribution in [2.24, 2.45) is 5.16 Å². The number of hydrogen-bond donors (Lipinski definition) is 0. The maximum Gasteiger partial charge on any atom is 0.116 e. The molecule has 0 spiro atoms. The minimum Gasteiger partial charge on any atom is -0.399 e. The number of halogens is 2. The molecule has 0 aliphatic carbocycles. The second-order valence-corrected chi connectivity index (χ2v) is 5.89. The van der Waals surface area contributed by atoms with Crippen molar-refractivity contribution >= 4 is 37.6 Å². The number of nitrogens with zero attached hydrogens (tertiary/aromatic N) is 1. The third kappa shape index (κ3) is 3.10. The maximum absolute atomic E-state index is 4.78. The van der Waals surface area contributed by atoms with Crippen LogP contribution in [0.25, 0.3) is 0 Å². The Hall–Kier alpha value is -0.350. The summed E-state index contributed by atoms with van der Waals surface area (Å²) >= 11 is 6.81. The van der Waals surface area contributed by atoms with E-state index in [1.54, 1.807) is 0 Å². The van der Waals surface area contributed by atoms with E-state index in [2.05, 4.69) is 43.9 Å². The molecule has 0 amide bonds. The van der Waals surface area contributed by atoms with Crippen molar-refractivity contribution in [3.8, 4) is 0 Å². The second kappa shape index (κ2) is 5.51. The van der Waals surface area contributed by atoms with E-state index in [1.165, 1.54) is 12.7 Å². The van der Waals surface area contributed by atoms with Crippen LogP contribution in [0.5, 0.6) is 0 Å². The SMILES string of the molecule is CO/N=C(\c1ccc(C)cc1)C(Br)Br. The van der Waals surface area contributed by atoms with Gasteiger partial charge in [0.15, 0.2) is 0 Å². The molecule has 76 valence electrons. The van der Waals surface area contributed by atoms with Gasteiger partial charge in [-0.2, -0.15) is 0 Å². The third-order valence-electron chi connectivity index (χ3n) is 1.74. The molecular formula is C10H11Br2NO. The van der Waals surface area contributed by atoms with Crippen LogP contribution in [-0.4, -0.2) is 16.6 Å². The van der Waals surface area contributed by atoms with Crippen LogP contribution in [0, 0.1) is 6.92 Å². The summed E-state index contributed by atoms with van der Waals surface area (Å²) in [6, 6.07) is 8.12. The highest BCUT2D eigenvalue weighted by Gasteiger charge is 2.11. The number of hydrogen-bond acceptors (Lipinski definition) is 2. The average Bonchev–Trinajstić information content (AvgIpc) is 2.15. The summed E-state index contributed by atoms with van der Waals surface area (Å²) in [6.45, 7) is 2.05. The van der Waals surface area contributed by atoms with Crippen LogP contribution in [0.2, 0.25) is 0 Å². The van der Waals surface area contributed by atoms with Gasteiger partial charge in [0.2, 0.25) is 0 Å². The lowest BCUT2D eigenvalue weighted by atomic mass is 10.1. The molecule has 0 heterocycles. The summed E-state index contributed by atoms with van der Waals surface area (Å²) in [5.74, 6) is 0. The summed E-state index contributed by atoms with van der Waals surface area (Å²) in [4.78, 5) is 4.78. The molecule has 1 aromatic carbocycles. The summed E-state index contributed by atoms with van der Waals surface area (Å²) in [6.07, 6.45) is 0. The molecule has 0 atom stereocenters. The van der Waals surface area contributed by atoms with E-state index in [4.69, 9.17) is 4.84 Å². The van der Waals surface area contributed by atoms with Gasteiger partial charge in [-0.1, -0.05) is 66.8 Å². The minimum atomic E-state index is -0.00217. The number of benzene rings is 1. The number of alkyl halides is 2. The fourth-order valence-corrected chi connectivity index (χ4v) is 1.74. The predicted molar refractivity (Wildman–Crippen MR) is 66.4 cm³/mol. The molecule has 0 N–H and O–H groups in total. The fraction of sp³-hybridized carbons (Fsp3) is 0.300. The molecular weight excluding hydrogens is 310 g/mol. The molecule has 0 fully saturated rings. The summed E-state index contributed by atoms with van der Waals surface area (Å²) in [5.41, 5.74) is 3.09. The highest BCUT2D eigenvalue weighted by molar-refractivity contribution is 9.25. The highest BCUT2D eigenvalue weighted by Crippen LogP contribution is 2.17. The normalized spacial score (nSPS) is 11.9. The molecule has 0 saturated carbocycles. The minimum absolute atomic E-state index is 0.00217. The first-order valence-electron chi connectivity index (χ1n) is 4.11. The topological polar surface area (TPSA) is 21.6 Å². The largest absolute Gasteiger partial charge is 0.399 e. The standard InChI is InChI=1S/C10H11Br2NO/c1-7-3-5-8(6-4-7)9(10(11)12)13-14-2/h3-6,10H,1-2H3/b13-9+. The third-order valence-corrected chi connectivity index (χ3v) is 2.61. The molecule has 1 rings (SSSR count). The number of rotatable bonds is 3. The predicted octanol–water partition coefficient (Wildman–Crippen LogP) is 3.46. The van der Waals surface area contributed by atoms with Gasteiger partial charge in [0.25, 0.3) is 0 Å². The lowest BCUT2D eigenvalue weighted by Gasteiger charge is -2.06. The Kier molecular flexibility index (Phi) is 4.62. The van der Waals surface area contributed by atoms with Crippen LogP contribution in [0.4, 0.5) is 0 Å². The molecule has 0 bridgehead atoms. The van der Waals surface area contributed by atoms with Crippen molar-refractivity contribution in [2.45, 2.75) is 10.7 Å². The van der Waals surface area contributed by atoms with Crippen LogP contribution in [0.15, 0.2) is 29.4 Å². The molecule has 0 aromatic heterocycles. The monoisotopic (exact) mass is 319 g/mol. The average molecular weight is 321 g/mol. The quantitative estimate of drug-likeness (QED) is 0.475. The van der Waals surface area contributed by atoms with E-state index in [9.17, 15) is 0 Å². The lowest BCUT2D eigenvalue weighted by Crippen LogP contribution is -2.09. The molecule has 14 heavy (non-hydrogen) atoms. The Labute approximate surface area is 101 Å². The van der Waals surface area contributed by atoms with E-state index in [-0.39, 0.29) is 3.74 Å². The molecule has 0 unspecified atom stereocenters. The summed E-state index contributed by atoms with van der Waals surface area (Å²) < 4.78 is -0.00217. The van der Waals surface area contributed by atoms with Gasteiger partial charge >= 0.3 is 0 Å². The van der Waals surface area contributed by atoms with E-state index < -0.39 is 0 Å². The van der Waals surface area contributed by atoms with Crippen LogP contribution >= 0.6 is 31.9 Å². The van der Waals surface area contributed by atoms with Crippen LogP contribution in [-0.2, 0) is 4.84 Å². The lowest BCUT2D eigenvalue weighted by molar-refractivity contribution is 0.213. The molecule has 0 saturated heterocycles. The molecule has 4 heteroatoms. The first-order valence-corrected chi connectivity index (χ1v) is 5.94. The zero-order valence-electron chi connectivity index (χ0n) is 8.00. The van der Waals surface area contributed by atoms with Gasteiger partial charge in [0, 0.05) is 5.56 Å². The van der Waals surface area contributed by atoms with Crippen LogP contribution in [0.3, 0.4) is 0 Å². The van der Waals surface area contributed by atoms with Gasteiger partial charge < -0.3 is 4.84 Å². The summed E-state index contributed by atoms with van der Waals surface area (Å²) in [5, 5.41) is 3.95. The molecule has 1 aromatic rings. The van der Waals surface area contributed by atoms with E-state index in [1.807, 2.05) is 24.3 Å². The summed E-state index contributed by atoms with van der Waals surface area (Å²) in [7, 11) is 1.54. The maximum atomic E-state index is 4.78. The van der Waals surface area contributed by atoms with Crippen molar-refractivity contribution in [2.75, 3.05) is 7.11 Å². The molecule has 2 nitrogen and oxygen atoms in total. The van der Waals surface area contributed by atoms with Crippen molar-refractivity contribution in [1.82, 2.24) is 0 Å². The Morgan fingerprint density at radius 3 is 2.29 bits per heavy atom. The van der Waals surface area contributed by atoms with Gasteiger partial charge in [-0.05, 0) is 6.92 Å². The number of aryl methyl sites for hydroxylation is 1. The first-order chi connectivity index (χ1) is 6.65. The van der Waals surface area contributed by atoms with Gasteiger partial charge in [-0.15, -0.1) is 0 Å². The van der Waals surface area contributed by atoms with Crippen molar-refractivity contribution in [1.29, 1.82) is 0 Å². The molecule has 0 aliphatic rings. The van der Waals surface area contributed by atoms with E-state index in [0.717, 1.165) is 11.3 Å². The van der Waals surface area contributed by atoms with Gasteiger partial charge in [-0.3, -0.25) is 0 Å².